The molecule has 0 saturated heterocycles. The second kappa shape index (κ2) is 5.19. The van der Waals surface area contributed by atoms with E-state index in [4.69, 9.17) is 16.3 Å². The molecule has 2 aromatic rings. The van der Waals surface area contributed by atoms with Crippen molar-refractivity contribution in [2.75, 3.05) is 0 Å². The van der Waals surface area contributed by atoms with Crippen molar-refractivity contribution < 1.29 is 18.4 Å². The Balaban J connectivity index is 2.12. The summed E-state index contributed by atoms with van der Waals surface area (Å²) in [5.74, 6) is -2.28. The Morgan fingerprint density at radius 2 is 2.21 bits per heavy atom. The largest absolute Gasteiger partial charge is 0.466 e. The van der Waals surface area contributed by atoms with Gasteiger partial charge in [0.15, 0.2) is 16.6 Å². The molecule has 19 heavy (non-hydrogen) atoms. The summed E-state index contributed by atoms with van der Waals surface area (Å²) < 4.78 is 32.1. The molecule has 0 aliphatic rings. The first-order valence-corrected chi connectivity index (χ1v) is 5.30. The van der Waals surface area contributed by atoms with Gasteiger partial charge in [0.2, 0.25) is 6.73 Å². The lowest BCUT2D eigenvalue weighted by molar-refractivity contribution is -0.389. The minimum atomic E-state index is -0.762. The fraction of sp³-hybridized carbons (Fsp3) is 0.100. The normalized spacial score (nSPS) is 10.5. The Kier molecular flexibility index (Phi) is 3.61. The van der Waals surface area contributed by atoms with Gasteiger partial charge < -0.3 is 14.9 Å². The van der Waals surface area contributed by atoms with Crippen LogP contribution in [-0.4, -0.2) is 14.7 Å². The third-order valence-electron chi connectivity index (χ3n) is 2.12. The first-order chi connectivity index (χ1) is 8.97. The van der Waals surface area contributed by atoms with Gasteiger partial charge in [-0.05, 0) is 17.1 Å². The maximum Gasteiger partial charge on any atom is 0.408 e. The minimum Gasteiger partial charge on any atom is -0.466 e. The van der Waals surface area contributed by atoms with Gasteiger partial charge in [-0.15, -0.1) is 4.68 Å². The monoisotopic (exact) mass is 289 g/mol. The molecule has 0 amide bonds. The molecule has 0 aliphatic heterocycles. The van der Waals surface area contributed by atoms with Crippen molar-refractivity contribution >= 4 is 17.4 Å². The van der Waals surface area contributed by atoms with Crippen LogP contribution in [0, 0.1) is 21.7 Å². The molecule has 6 nitrogen and oxygen atoms in total. The molecular formula is C10H6ClF2N3O3. The number of nitro groups is 1. The van der Waals surface area contributed by atoms with Crippen LogP contribution >= 0.6 is 11.6 Å². The van der Waals surface area contributed by atoms with Gasteiger partial charge in [-0.25, -0.2) is 8.78 Å². The molecule has 0 atom stereocenters. The predicted molar refractivity (Wildman–Crippen MR) is 60.9 cm³/mol. The summed E-state index contributed by atoms with van der Waals surface area (Å²) in [4.78, 5) is 9.74. The van der Waals surface area contributed by atoms with Crippen LogP contribution < -0.4 is 4.74 Å². The lowest BCUT2D eigenvalue weighted by Gasteiger charge is -2.04. The molecule has 0 saturated carbocycles. The first kappa shape index (κ1) is 13.2. The maximum absolute atomic E-state index is 13.2. The lowest BCUT2D eigenvalue weighted by Crippen LogP contribution is -2.07. The number of halogens is 3. The molecule has 0 aliphatic carbocycles. The van der Waals surface area contributed by atoms with Gasteiger partial charge in [0, 0.05) is 6.07 Å². The van der Waals surface area contributed by atoms with Crippen molar-refractivity contribution in [2.45, 2.75) is 6.73 Å². The number of ether oxygens (including phenoxy) is 1. The highest BCUT2D eigenvalue weighted by molar-refractivity contribution is 6.32. The number of rotatable bonds is 4. The summed E-state index contributed by atoms with van der Waals surface area (Å²) in [6, 6.07) is 2.70. The fourth-order valence-corrected chi connectivity index (χ4v) is 1.52. The fourth-order valence-electron chi connectivity index (χ4n) is 1.30. The SMILES string of the molecule is O=[N+]([O-])c1nn(COc2cc(F)ccc2F)cc1Cl. The van der Waals surface area contributed by atoms with Crippen LogP contribution in [-0.2, 0) is 6.73 Å². The van der Waals surface area contributed by atoms with E-state index in [0.717, 1.165) is 29.1 Å². The topological polar surface area (TPSA) is 70.2 Å². The number of hydrogen-bond donors (Lipinski definition) is 0. The lowest BCUT2D eigenvalue weighted by atomic mass is 10.3. The molecule has 0 unspecified atom stereocenters. The van der Waals surface area contributed by atoms with Gasteiger partial charge in [0.25, 0.3) is 0 Å². The molecule has 1 aromatic carbocycles. The molecule has 0 spiro atoms. The van der Waals surface area contributed by atoms with Crippen LogP contribution in [0.2, 0.25) is 5.02 Å². The second-order valence-corrected chi connectivity index (χ2v) is 3.85. The van der Waals surface area contributed by atoms with E-state index in [1.165, 1.54) is 0 Å². The molecule has 1 aromatic heterocycles. The maximum atomic E-state index is 13.2. The zero-order valence-corrected chi connectivity index (χ0v) is 9.97. The Bertz CT molecular complexity index is 632. The highest BCUT2D eigenvalue weighted by Gasteiger charge is 2.19. The average molecular weight is 290 g/mol. The van der Waals surface area contributed by atoms with Gasteiger partial charge in [-0.3, -0.25) is 0 Å². The third kappa shape index (κ3) is 2.97. The summed E-state index contributed by atoms with van der Waals surface area (Å²) in [5.41, 5.74) is 0. The molecule has 0 fully saturated rings. The summed E-state index contributed by atoms with van der Waals surface area (Å²) >= 11 is 5.56. The quantitative estimate of drug-likeness (QED) is 0.641. The van der Waals surface area contributed by atoms with E-state index in [0.29, 0.717) is 0 Å². The molecule has 9 heteroatoms. The van der Waals surface area contributed by atoms with E-state index >= 15 is 0 Å². The van der Waals surface area contributed by atoms with Crippen LogP contribution in [0.15, 0.2) is 24.4 Å². The van der Waals surface area contributed by atoms with E-state index in [9.17, 15) is 18.9 Å². The summed E-state index contributed by atoms with van der Waals surface area (Å²) in [6.45, 7) is -0.339. The Morgan fingerprint density at radius 1 is 1.47 bits per heavy atom. The van der Waals surface area contributed by atoms with E-state index in [2.05, 4.69) is 5.10 Å². The molecule has 0 bridgehead atoms. The van der Waals surface area contributed by atoms with E-state index in [1.807, 2.05) is 0 Å². The van der Waals surface area contributed by atoms with Crippen molar-refractivity contribution in [3.63, 3.8) is 0 Å². The van der Waals surface area contributed by atoms with Gasteiger partial charge in [-0.1, -0.05) is 11.6 Å². The van der Waals surface area contributed by atoms with Crippen molar-refractivity contribution in [2.24, 2.45) is 0 Å². The van der Waals surface area contributed by atoms with Crippen molar-refractivity contribution in [1.29, 1.82) is 0 Å². The third-order valence-corrected chi connectivity index (χ3v) is 2.38. The summed E-state index contributed by atoms with van der Waals surface area (Å²) in [5, 5.41) is 13.9. The van der Waals surface area contributed by atoms with Crippen molar-refractivity contribution in [3.05, 3.63) is 51.2 Å². The van der Waals surface area contributed by atoms with Crippen LogP contribution in [0.5, 0.6) is 5.75 Å². The first-order valence-electron chi connectivity index (χ1n) is 4.92. The molecule has 0 radical (unpaired) electrons. The number of benzene rings is 1. The smallest absolute Gasteiger partial charge is 0.408 e. The van der Waals surface area contributed by atoms with Gasteiger partial charge in [0.1, 0.15) is 5.82 Å². The number of nitrogens with zero attached hydrogens (tertiary/aromatic N) is 3. The zero-order chi connectivity index (χ0) is 14.0. The predicted octanol–water partition coefficient (Wildman–Crippen LogP) is 2.76. The summed E-state index contributed by atoms with van der Waals surface area (Å²) in [7, 11) is 0. The van der Waals surface area contributed by atoms with Crippen molar-refractivity contribution in [1.82, 2.24) is 9.78 Å². The highest BCUT2D eigenvalue weighted by Crippen LogP contribution is 2.22. The van der Waals surface area contributed by atoms with Gasteiger partial charge in [-0.2, -0.15) is 0 Å². The van der Waals surface area contributed by atoms with Crippen LogP contribution in [0.1, 0.15) is 0 Å². The molecule has 2 rings (SSSR count). The molecular weight excluding hydrogens is 284 g/mol. The number of aromatic nitrogens is 2. The molecule has 100 valence electrons. The average Bonchev–Trinajstić information content (AvgIpc) is 2.72. The summed E-state index contributed by atoms with van der Waals surface area (Å²) in [6.07, 6.45) is 1.15. The second-order valence-electron chi connectivity index (χ2n) is 3.45. The minimum absolute atomic E-state index is 0.173. The zero-order valence-electron chi connectivity index (χ0n) is 9.22. The molecule has 0 N–H and O–H groups in total. The van der Waals surface area contributed by atoms with Gasteiger partial charge >= 0.3 is 5.82 Å². The standard InChI is InChI=1S/C10H6ClF2N3O3/c11-7-4-15(14-10(7)16(17)18)5-19-9-3-6(12)1-2-8(9)13/h1-4H,5H2. The molecule has 1 heterocycles. The Labute approximate surface area is 110 Å². The van der Waals surface area contributed by atoms with Crippen LogP contribution in [0.3, 0.4) is 0 Å². The van der Waals surface area contributed by atoms with Crippen LogP contribution in [0.25, 0.3) is 0 Å². The van der Waals surface area contributed by atoms with E-state index in [1.54, 1.807) is 0 Å². The van der Waals surface area contributed by atoms with Crippen LogP contribution in [0.4, 0.5) is 14.6 Å². The number of hydrogen-bond acceptors (Lipinski definition) is 4. The Hall–Kier alpha value is -2.22. The van der Waals surface area contributed by atoms with Crippen molar-refractivity contribution in [3.8, 4) is 5.75 Å². The van der Waals surface area contributed by atoms with E-state index in [-0.39, 0.29) is 17.5 Å². The Morgan fingerprint density at radius 3 is 2.84 bits per heavy atom. The van der Waals surface area contributed by atoms with Gasteiger partial charge in [0.05, 0.1) is 11.3 Å². The van der Waals surface area contributed by atoms with E-state index < -0.39 is 22.4 Å². The highest BCUT2D eigenvalue weighted by atomic mass is 35.5.